The first-order valence-electron chi connectivity index (χ1n) is 6.81. The molecule has 1 saturated carbocycles. The van der Waals surface area contributed by atoms with Gasteiger partial charge in [0.05, 0.1) is 4.47 Å². The first-order chi connectivity index (χ1) is 8.70. The van der Waals surface area contributed by atoms with Gasteiger partial charge in [0.25, 0.3) is 0 Å². The number of hydrogen-bond donors (Lipinski definition) is 1. The van der Waals surface area contributed by atoms with Crippen molar-refractivity contribution in [2.24, 2.45) is 5.92 Å². The Bertz CT molecular complexity index is 394. The molecule has 1 aliphatic rings. The molecule has 0 aliphatic heterocycles. The van der Waals surface area contributed by atoms with E-state index >= 15 is 0 Å². The minimum Gasteiger partial charge on any atom is -0.317 e. The lowest BCUT2D eigenvalue weighted by atomic mass is 9.91. The topological polar surface area (TPSA) is 12.0 Å². The smallest absolute Gasteiger partial charge is 0.137 e. The lowest BCUT2D eigenvalue weighted by Crippen LogP contribution is -2.26. The fourth-order valence-electron chi connectivity index (χ4n) is 2.93. The van der Waals surface area contributed by atoms with Gasteiger partial charge < -0.3 is 5.32 Å². The molecule has 0 saturated heterocycles. The van der Waals surface area contributed by atoms with E-state index in [0.29, 0.717) is 16.4 Å². The summed E-state index contributed by atoms with van der Waals surface area (Å²) in [5.41, 5.74) is 1.11. The van der Waals surface area contributed by atoms with E-state index in [1.165, 1.54) is 38.2 Å². The highest BCUT2D eigenvalue weighted by atomic mass is 79.9. The molecule has 0 heterocycles. The maximum absolute atomic E-state index is 13.5. The van der Waals surface area contributed by atoms with E-state index in [9.17, 15) is 4.39 Å². The Morgan fingerprint density at radius 2 is 2.11 bits per heavy atom. The zero-order valence-corrected chi connectivity index (χ0v) is 12.5. The first kappa shape index (κ1) is 14.0. The summed E-state index contributed by atoms with van der Waals surface area (Å²) in [4.78, 5) is 0. The number of hydrogen-bond acceptors (Lipinski definition) is 1. The SMILES string of the molecule is CNC1CCCCC(Cc2cccc(F)c2Br)C1. The molecule has 2 unspecified atom stereocenters. The minimum absolute atomic E-state index is 0.147. The summed E-state index contributed by atoms with van der Waals surface area (Å²) in [5, 5.41) is 3.40. The highest BCUT2D eigenvalue weighted by molar-refractivity contribution is 9.10. The number of nitrogens with one attached hydrogen (secondary N) is 1. The van der Waals surface area contributed by atoms with Gasteiger partial charge in [0.1, 0.15) is 5.82 Å². The van der Waals surface area contributed by atoms with Crippen LogP contribution in [-0.4, -0.2) is 13.1 Å². The molecular weight excluding hydrogens is 293 g/mol. The van der Waals surface area contributed by atoms with Crippen LogP contribution in [0.4, 0.5) is 4.39 Å². The quantitative estimate of drug-likeness (QED) is 0.820. The average Bonchev–Trinajstić information content (AvgIpc) is 2.60. The Morgan fingerprint density at radius 1 is 1.33 bits per heavy atom. The van der Waals surface area contributed by atoms with Gasteiger partial charge in [0.2, 0.25) is 0 Å². The zero-order valence-electron chi connectivity index (χ0n) is 10.9. The van der Waals surface area contributed by atoms with Crippen LogP contribution in [0.1, 0.15) is 37.7 Å². The van der Waals surface area contributed by atoms with Crippen LogP contribution in [0.2, 0.25) is 0 Å². The molecule has 0 bridgehead atoms. The van der Waals surface area contributed by atoms with Gasteiger partial charge in [0.15, 0.2) is 0 Å². The third kappa shape index (κ3) is 3.55. The van der Waals surface area contributed by atoms with E-state index in [1.807, 2.05) is 19.2 Å². The first-order valence-corrected chi connectivity index (χ1v) is 7.60. The van der Waals surface area contributed by atoms with Gasteiger partial charge in [-0.1, -0.05) is 31.4 Å². The fourth-order valence-corrected chi connectivity index (χ4v) is 3.35. The van der Waals surface area contributed by atoms with Gasteiger partial charge in [-0.05, 0) is 59.8 Å². The Labute approximate surface area is 117 Å². The van der Waals surface area contributed by atoms with Crippen LogP contribution >= 0.6 is 15.9 Å². The van der Waals surface area contributed by atoms with Crippen LogP contribution in [0.3, 0.4) is 0 Å². The van der Waals surface area contributed by atoms with Crippen LogP contribution in [0.15, 0.2) is 22.7 Å². The van der Waals surface area contributed by atoms with Crippen molar-refractivity contribution in [2.45, 2.75) is 44.6 Å². The predicted octanol–water partition coefficient (Wildman–Crippen LogP) is 4.30. The molecule has 1 aromatic rings. The van der Waals surface area contributed by atoms with Crippen molar-refractivity contribution >= 4 is 15.9 Å². The van der Waals surface area contributed by atoms with Gasteiger partial charge in [-0.2, -0.15) is 0 Å². The third-order valence-electron chi connectivity index (χ3n) is 3.98. The molecule has 0 radical (unpaired) electrons. The van der Waals surface area contributed by atoms with Gasteiger partial charge in [-0.15, -0.1) is 0 Å². The van der Waals surface area contributed by atoms with E-state index in [1.54, 1.807) is 0 Å². The molecule has 1 nitrogen and oxygen atoms in total. The summed E-state index contributed by atoms with van der Waals surface area (Å²) in [6.07, 6.45) is 7.34. The number of benzene rings is 1. The standard InChI is InChI=1S/C15H21BrFN/c1-18-13-7-3-2-5-11(10-13)9-12-6-4-8-14(17)15(12)16/h4,6,8,11,13,18H,2-3,5,7,9-10H2,1H3. The summed E-state index contributed by atoms with van der Waals surface area (Å²) in [7, 11) is 2.05. The van der Waals surface area contributed by atoms with E-state index in [0.717, 1.165) is 12.0 Å². The van der Waals surface area contributed by atoms with Crippen LogP contribution < -0.4 is 5.32 Å². The van der Waals surface area contributed by atoms with Crippen molar-refractivity contribution in [3.63, 3.8) is 0 Å². The Balaban J connectivity index is 2.05. The van der Waals surface area contributed by atoms with Gasteiger partial charge >= 0.3 is 0 Å². The lowest BCUT2D eigenvalue weighted by molar-refractivity contribution is 0.399. The third-order valence-corrected chi connectivity index (χ3v) is 4.87. The molecule has 1 aromatic carbocycles. The fraction of sp³-hybridized carbons (Fsp3) is 0.600. The van der Waals surface area contributed by atoms with Crippen molar-refractivity contribution < 1.29 is 4.39 Å². The molecule has 3 heteroatoms. The molecule has 1 N–H and O–H groups in total. The summed E-state index contributed by atoms with van der Waals surface area (Å²) >= 11 is 3.37. The summed E-state index contributed by atoms with van der Waals surface area (Å²) in [5.74, 6) is 0.523. The van der Waals surface area contributed by atoms with Crippen molar-refractivity contribution in [3.05, 3.63) is 34.1 Å². The van der Waals surface area contributed by atoms with E-state index in [2.05, 4.69) is 21.2 Å². The summed E-state index contributed by atoms with van der Waals surface area (Å²) in [6, 6.07) is 5.98. The van der Waals surface area contributed by atoms with Crippen LogP contribution in [-0.2, 0) is 6.42 Å². The molecular formula is C15H21BrFN. The van der Waals surface area contributed by atoms with Gasteiger partial charge in [-0.25, -0.2) is 4.39 Å². The summed E-state index contributed by atoms with van der Waals surface area (Å²) < 4.78 is 14.1. The Morgan fingerprint density at radius 3 is 2.89 bits per heavy atom. The van der Waals surface area contributed by atoms with Gasteiger partial charge in [0, 0.05) is 6.04 Å². The molecule has 18 heavy (non-hydrogen) atoms. The molecule has 0 aromatic heterocycles. The molecule has 1 fully saturated rings. The largest absolute Gasteiger partial charge is 0.317 e. The van der Waals surface area contributed by atoms with Crippen molar-refractivity contribution in [1.29, 1.82) is 0 Å². The van der Waals surface area contributed by atoms with E-state index in [4.69, 9.17) is 0 Å². The normalized spacial score (nSPS) is 24.8. The maximum Gasteiger partial charge on any atom is 0.137 e. The minimum atomic E-state index is -0.147. The Hall–Kier alpha value is -0.410. The maximum atomic E-state index is 13.5. The number of halogens is 2. The van der Waals surface area contributed by atoms with E-state index in [-0.39, 0.29) is 5.82 Å². The molecule has 1 aliphatic carbocycles. The summed E-state index contributed by atoms with van der Waals surface area (Å²) in [6.45, 7) is 0. The Kier molecular flexibility index (Phi) is 5.19. The highest BCUT2D eigenvalue weighted by Crippen LogP contribution is 2.29. The molecule has 2 rings (SSSR count). The molecule has 0 amide bonds. The van der Waals surface area contributed by atoms with Crippen molar-refractivity contribution in [3.8, 4) is 0 Å². The average molecular weight is 314 g/mol. The second-order valence-electron chi connectivity index (χ2n) is 5.29. The van der Waals surface area contributed by atoms with Crippen LogP contribution in [0, 0.1) is 11.7 Å². The van der Waals surface area contributed by atoms with Crippen LogP contribution in [0.5, 0.6) is 0 Å². The highest BCUT2D eigenvalue weighted by Gasteiger charge is 2.20. The second kappa shape index (κ2) is 6.67. The second-order valence-corrected chi connectivity index (χ2v) is 6.08. The molecule has 100 valence electrons. The van der Waals surface area contributed by atoms with E-state index < -0.39 is 0 Å². The van der Waals surface area contributed by atoms with Crippen molar-refractivity contribution in [1.82, 2.24) is 5.32 Å². The molecule has 0 spiro atoms. The van der Waals surface area contributed by atoms with Gasteiger partial charge in [-0.3, -0.25) is 0 Å². The monoisotopic (exact) mass is 313 g/mol. The predicted molar refractivity (Wildman–Crippen MR) is 77.2 cm³/mol. The van der Waals surface area contributed by atoms with Crippen molar-refractivity contribution in [2.75, 3.05) is 7.05 Å². The number of rotatable bonds is 3. The molecule has 2 atom stereocenters. The lowest BCUT2D eigenvalue weighted by Gasteiger charge is -2.20. The van der Waals surface area contributed by atoms with Crippen LogP contribution in [0.25, 0.3) is 0 Å². The zero-order chi connectivity index (χ0) is 13.0.